The van der Waals surface area contributed by atoms with Gasteiger partial charge < -0.3 is 15.1 Å². The van der Waals surface area contributed by atoms with Crippen LogP contribution in [0.25, 0.3) is 0 Å². The maximum absolute atomic E-state index is 11.4. The van der Waals surface area contributed by atoms with E-state index in [1.54, 1.807) is 16.7 Å². The van der Waals surface area contributed by atoms with Gasteiger partial charge in [0.15, 0.2) is 0 Å². The van der Waals surface area contributed by atoms with E-state index in [2.05, 4.69) is 0 Å². The molecular weight excluding hydrogens is 190 g/mol. The molecule has 0 radical (unpaired) electrons. The summed E-state index contributed by atoms with van der Waals surface area (Å²) in [5.41, 5.74) is 0. The van der Waals surface area contributed by atoms with Crippen LogP contribution in [0, 0.1) is 0 Å². The molecule has 0 aromatic rings. The van der Waals surface area contributed by atoms with Crippen LogP contribution in [0.3, 0.4) is 0 Å². The van der Waals surface area contributed by atoms with E-state index in [1.807, 2.05) is 0 Å². The number of carbonyl (C=O) groups excluding carboxylic acids is 1. The summed E-state index contributed by atoms with van der Waals surface area (Å²) in [5, 5.41) is 18.1. The van der Waals surface area contributed by atoms with Gasteiger partial charge in [-0.15, -0.1) is 0 Å². The maximum atomic E-state index is 11.4. The predicted octanol–water partition coefficient (Wildman–Crippen LogP) is -0.697. The average Bonchev–Trinajstić information content (AvgIpc) is 2.16. The van der Waals surface area contributed by atoms with E-state index in [4.69, 9.17) is 10.2 Å². The van der Waals surface area contributed by atoms with Crippen molar-refractivity contribution in [1.29, 1.82) is 0 Å². The zero-order valence-electron chi connectivity index (χ0n) is 7.64. The Hall–Kier alpha value is -0.260. The van der Waals surface area contributed by atoms with Crippen molar-refractivity contribution in [3.8, 4) is 0 Å². The second kappa shape index (κ2) is 4.83. The molecule has 1 saturated heterocycles. The molecule has 1 amide bonds. The van der Waals surface area contributed by atoms with Gasteiger partial charge in [0.25, 0.3) is 5.91 Å². The van der Waals surface area contributed by atoms with Gasteiger partial charge in [0, 0.05) is 18.1 Å². The normalized spacial score (nSPS) is 25.8. The lowest BCUT2D eigenvalue weighted by atomic mass is 10.2. The number of hydrogen-bond donors (Lipinski definition) is 2. The van der Waals surface area contributed by atoms with Crippen molar-refractivity contribution in [3.63, 3.8) is 0 Å². The van der Waals surface area contributed by atoms with Crippen LogP contribution in [0.2, 0.25) is 0 Å². The lowest BCUT2D eigenvalue weighted by Gasteiger charge is -2.34. The van der Waals surface area contributed by atoms with E-state index < -0.39 is 6.10 Å². The summed E-state index contributed by atoms with van der Waals surface area (Å²) in [6.45, 7) is 2.06. The minimum absolute atomic E-state index is 0.0224. The number of nitrogens with zero attached hydrogens (tertiary/aromatic N) is 1. The van der Waals surface area contributed by atoms with Crippen molar-refractivity contribution in [2.24, 2.45) is 0 Å². The van der Waals surface area contributed by atoms with Gasteiger partial charge in [0.2, 0.25) is 0 Å². The van der Waals surface area contributed by atoms with Crippen LogP contribution in [-0.2, 0) is 4.79 Å². The molecule has 0 spiro atoms. The number of thioether (sulfide) groups is 1. The summed E-state index contributed by atoms with van der Waals surface area (Å²) in [5.74, 6) is 1.36. The Bertz CT molecular complexity index is 186. The highest BCUT2D eigenvalue weighted by atomic mass is 32.2. The van der Waals surface area contributed by atoms with Crippen LogP contribution in [0.15, 0.2) is 0 Å². The molecule has 1 rings (SSSR count). The first-order chi connectivity index (χ1) is 6.16. The fourth-order valence-corrected chi connectivity index (χ4v) is 2.39. The highest BCUT2D eigenvalue weighted by Gasteiger charge is 2.28. The van der Waals surface area contributed by atoms with Crippen LogP contribution < -0.4 is 0 Å². The molecule has 13 heavy (non-hydrogen) atoms. The molecule has 0 saturated carbocycles. The fourth-order valence-electron chi connectivity index (χ4n) is 1.34. The van der Waals surface area contributed by atoms with Crippen LogP contribution in [0.4, 0.5) is 0 Å². The van der Waals surface area contributed by atoms with Crippen LogP contribution >= 0.6 is 11.8 Å². The van der Waals surface area contributed by atoms with E-state index in [9.17, 15) is 4.79 Å². The van der Waals surface area contributed by atoms with Gasteiger partial charge in [0.1, 0.15) is 6.10 Å². The zero-order valence-corrected chi connectivity index (χ0v) is 8.46. The van der Waals surface area contributed by atoms with Gasteiger partial charge in [-0.2, -0.15) is 11.8 Å². The van der Waals surface area contributed by atoms with Crippen molar-refractivity contribution in [1.82, 2.24) is 4.90 Å². The molecule has 0 bridgehead atoms. The van der Waals surface area contributed by atoms with E-state index in [0.29, 0.717) is 6.54 Å². The SMILES string of the molecule is CC(O)C(=O)N1CCSCC1CO. The molecule has 0 aliphatic carbocycles. The molecule has 1 heterocycles. The second-order valence-corrected chi connectivity index (χ2v) is 4.27. The van der Waals surface area contributed by atoms with Crippen molar-refractivity contribution >= 4 is 17.7 Å². The Balaban J connectivity index is 2.58. The lowest BCUT2D eigenvalue weighted by Crippen LogP contribution is -2.51. The number of aliphatic hydroxyl groups excluding tert-OH is 2. The number of carbonyl (C=O) groups is 1. The van der Waals surface area contributed by atoms with Gasteiger partial charge in [0.05, 0.1) is 12.6 Å². The van der Waals surface area contributed by atoms with E-state index in [-0.39, 0.29) is 18.6 Å². The quantitative estimate of drug-likeness (QED) is 0.626. The topological polar surface area (TPSA) is 60.8 Å². The second-order valence-electron chi connectivity index (χ2n) is 3.12. The molecule has 4 nitrogen and oxygen atoms in total. The van der Waals surface area contributed by atoms with E-state index >= 15 is 0 Å². The molecule has 76 valence electrons. The van der Waals surface area contributed by atoms with Crippen LogP contribution in [-0.4, -0.2) is 57.8 Å². The summed E-state index contributed by atoms with van der Waals surface area (Å²) in [7, 11) is 0. The summed E-state index contributed by atoms with van der Waals surface area (Å²) < 4.78 is 0. The predicted molar refractivity (Wildman–Crippen MR) is 51.6 cm³/mol. The van der Waals surface area contributed by atoms with Gasteiger partial charge in [-0.3, -0.25) is 4.79 Å². The van der Waals surface area contributed by atoms with Gasteiger partial charge in [-0.05, 0) is 6.92 Å². The Morgan fingerprint density at radius 3 is 3.00 bits per heavy atom. The van der Waals surface area contributed by atoms with Crippen molar-refractivity contribution < 1.29 is 15.0 Å². The molecule has 2 atom stereocenters. The average molecular weight is 205 g/mol. The van der Waals surface area contributed by atoms with Crippen LogP contribution in [0.5, 0.6) is 0 Å². The third-order valence-corrected chi connectivity index (χ3v) is 3.17. The molecule has 2 N–H and O–H groups in total. The standard InChI is InChI=1S/C8H15NO3S/c1-6(11)8(12)9-2-3-13-5-7(9)4-10/h6-7,10-11H,2-5H2,1H3. The minimum Gasteiger partial charge on any atom is -0.394 e. The molecule has 5 heteroatoms. The Kier molecular flexibility index (Phi) is 4.02. The molecule has 0 aromatic carbocycles. The highest BCUT2D eigenvalue weighted by Crippen LogP contribution is 2.16. The van der Waals surface area contributed by atoms with Gasteiger partial charge in [-0.25, -0.2) is 0 Å². The molecule has 2 unspecified atom stereocenters. The van der Waals surface area contributed by atoms with E-state index in [1.165, 1.54) is 6.92 Å². The fraction of sp³-hybridized carbons (Fsp3) is 0.875. The first-order valence-corrected chi connectivity index (χ1v) is 5.49. The van der Waals surface area contributed by atoms with Crippen LogP contribution in [0.1, 0.15) is 6.92 Å². The number of rotatable bonds is 2. The van der Waals surface area contributed by atoms with Crippen molar-refractivity contribution in [3.05, 3.63) is 0 Å². The minimum atomic E-state index is -0.961. The molecule has 0 aromatic heterocycles. The van der Waals surface area contributed by atoms with Crippen molar-refractivity contribution in [2.45, 2.75) is 19.1 Å². The Morgan fingerprint density at radius 2 is 2.46 bits per heavy atom. The number of aliphatic hydroxyl groups is 2. The maximum Gasteiger partial charge on any atom is 0.251 e. The Morgan fingerprint density at radius 1 is 1.77 bits per heavy atom. The molecule has 1 aliphatic heterocycles. The summed E-state index contributed by atoms with van der Waals surface area (Å²) in [4.78, 5) is 13.0. The third kappa shape index (κ3) is 2.59. The van der Waals surface area contributed by atoms with Gasteiger partial charge in [-0.1, -0.05) is 0 Å². The smallest absolute Gasteiger partial charge is 0.251 e. The highest BCUT2D eigenvalue weighted by molar-refractivity contribution is 7.99. The lowest BCUT2D eigenvalue weighted by molar-refractivity contribution is -0.141. The number of hydrogen-bond acceptors (Lipinski definition) is 4. The first kappa shape index (κ1) is 10.8. The summed E-state index contributed by atoms with van der Waals surface area (Å²) in [6.07, 6.45) is -0.961. The Labute approximate surface area is 81.9 Å². The third-order valence-electron chi connectivity index (χ3n) is 2.08. The van der Waals surface area contributed by atoms with Crippen molar-refractivity contribution in [2.75, 3.05) is 24.7 Å². The number of amides is 1. The van der Waals surface area contributed by atoms with Gasteiger partial charge >= 0.3 is 0 Å². The molecular formula is C8H15NO3S. The summed E-state index contributed by atoms with van der Waals surface area (Å²) in [6, 6.07) is -0.124. The van der Waals surface area contributed by atoms with E-state index in [0.717, 1.165) is 11.5 Å². The summed E-state index contributed by atoms with van der Waals surface area (Å²) >= 11 is 1.72. The molecule has 1 fully saturated rings. The zero-order chi connectivity index (χ0) is 9.84. The first-order valence-electron chi connectivity index (χ1n) is 4.34. The largest absolute Gasteiger partial charge is 0.394 e. The monoisotopic (exact) mass is 205 g/mol. The molecule has 1 aliphatic rings.